The quantitative estimate of drug-likeness (QED) is 0.707. The maximum absolute atomic E-state index is 5.22. The second-order valence-corrected chi connectivity index (χ2v) is 8.11. The zero-order valence-corrected chi connectivity index (χ0v) is 18.4. The molecule has 160 valence electrons. The molecule has 1 aliphatic carbocycles. The highest BCUT2D eigenvalue weighted by molar-refractivity contribution is 5.39. The molecule has 2 unspecified atom stereocenters. The largest absolute Gasteiger partial charge is 0.497 e. The van der Waals surface area contributed by atoms with Crippen LogP contribution in [0.4, 0.5) is 0 Å². The van der Waals surface area contributed by atoms with Gasteiger partial charge >= 0.3 is 0 Å². The van der Waals surface area contributed by atoms with Gasteiger partial charge in [0.15, 0.2) is 0 Å². The van der Waals surface area contributed by atoms with Gasteiger partial charge in [-0.2, -0.15) is 0 Å². The van der Waals surface area contributed by atoms with Crippen molar-refractivity contribution in [1.82, 2.24) is 9.80 Å². The lowest BCUT2D eigenvalue weighted by Crippen LogP contribution is -2.40. The van der Waals surface area contributed by atoms with Gasteiger partial charge in [-0.25, -0.2) is 0 Å². The first kappa shape index (κ1) is 21.3. The molecule has 2 fully saturated rings. The van der Waals surface area contributed by atoms with E-state index in [2.05, 4.69) is 33.5 Å². The van der Waals surface area contributed by atoms with Crippen molar-refractivity contribution >= 4 is 0 Å². The van der Waals surface area contributed by atoms with Crippen LogP contribution in [0.15, 0.2) is 48.5 Å². The summed E-state index contributed by atoms with van der Waals surface area (Å²) >= 11 is 0. The Bertz CT molecular complexity index is 895. The summed E-state index contributed by atoms with van der Waals surface area (Å²) in [5.74, 6) is 15.1. The third-order valence-corrected chi connectivity index (χ3v) is 6.21. The minimum Gasteiger partial charge on any atom is -0.497 e. The molecule has 0 bridgehead atoms. The van der Waals surface area contributed by atoms with E-state index in [1.54, 1.807) is 14.2 Å². The van der Waals surface area contributed by atoms with Gasteiger partial charge < -0.3 is 9.47 Å². The lowest BCUT2D eigenvalue weighted by atomic mass is 9.90. The van der Waals surface area contributed by atoms with Gasteiger partial charge in [-0.1, -0.05) is 36.5 Å². The maximum atomic E-state index is 5.22. The van der Waals surface area contributed by atoms with Crippen molar-refractivity contribution in [3.63, 3.8) is 0 Å². The van der Waals surface area contributed by atoms with Crippen molar-refractivity contribution < 1.29 is 9.47 Å². The van der Waals surface area contributed by atoms with Gasteiger partial charge in [0.25, 0.3) is 0 Å². The molecule has 4 heteroatoms. The Morgan fingerprint density at radius 2 is 1.13 bits per heavy atom. The molecule has 0 radical (unpaired) electrons. The smallest absolute Gasteiger partial charge is 0.118 e. The van der Waals surface area contributed by atoms with E-state index in [0.717, 1.165) is 42.4 Å². The van der Waals surface area contributed by atoms with Crippen LogP contribution in [0.3, 0.4) is 0 Å². The number of ether oxygens (including phenoxy) is 2. The van der Waals surface area contributed by atoms with E-state index < -0.39 is 0 Å². The summed E-state index contributed by atoms with van der Waals surface area (Å²) in [6.07, 6.45) is 5.15. The molecule has 1 aliphatic heterocycles. The standard InChI is InChI=1S/C27H30N2O2/c1-30-24-15-11-22(12-16-24)7-5-19-28-21-29(27-10-4-3-9-26(27)28)20-6-8-23-13-17-25(31-2)18-14-23/h11-18,26-27H,3-4,9-10,19-21H2,1-2H3. The lowest BCUT2D eigenvalue weighted by molar-refractivity contribution is 0.219. The topological polar surface area (TPSA) is 24.9 Å². The number of nitrogens with zero attached hydrogens (tertiary/aromatic N) is 2. The Labute approximate surface area is 186 Å². The average Bonchev–Trinajstić information content (AvgIpc) is 3.18. The highest BCUT2D eigenvalue weighted by Gasteiger charge is 2.40. The van der Waals surface area contributed by atoms with Crippen LogP contribution in [-0.2, 0) is 0 Å². The Balaban J connectivity index is 1.38. The van der Waals surface area contributed by atoms with E-state index >= 15 is 0 Å². The highest BCUT2D eigenvalue weighted by atomic mass is 16.5. The summed E-state index contributed by atoms with van der Waals surface area (Å²) in [4.78, 5) is 5.07. The predicted molar refractivity (Wildman–Crippen MR) is 124 cm³/mol. The molecule has 1 saturated heterocycles. The van der Waals surface area contributed by atoms with Crippen LogP contribution >= 0.6 is 0 Å². The average molecular weight is 415 g/mol. The van der Waals surface area contributed by atoms with Crippen molar-refractivity contribution in [2.45, 2.75) is 37.8 Å². The number of methoxy groups -OCH3 is 2. The molecule has 4 rings (SSSR count). The van der Waals surface area contributed by atoms with Crippen LogP contribution in [0.5, 0.6) is 11.5 Å². The minimum atomic E-state index is 0.599. The van der Waals surface area contributed by atoms with Crippen LogP contribution in [0.2, 0.25) is 0 Å². The van der Waals surface area contributed by atoms with E-state index in [1.807, 2.05) is 48.5 Å². The van der Waals surface area contributed by atoms with Crippen molar-refractivity contribution in [3.05, 3.63) is 59.7 Å². The molecule has 1 saturated carbocycles. The highest BCUT2D eigenvalue weighted by Crippen LogP contribution is 2.32. The molecule has 2 aromatic carbocycles. The Morgan fingerprint density at radius 3 is 1.52 bits per heavy atom. The van der Waals surface area contributed by atoms with Crippen LogP contribution in [0.25, 0.3) is 0 Å². The third-order valence-electron chi connectivity index (χ3n) is 6.21. The molecule has 0 amide bonds. The van der Waals surface area contributed by atoms with Crippen LogP contribution < -0.4 is 9.47 Å². The van der Waals surface area contributed by atoms with E-state index in [9.17, 15) is 0 Å². The predicted octanol–water partition coefficient (Wildman–Crippen LogP) is 3.99. The van der Waals surface area contributed by atoms with Crippen molar-refractivity contribution in [3.8, 4) is 35.2 Å². The second kappa shape index (κ2) is 10.4. The zero-order chi connectivity index (χ0) is 21.5. The molecule has 4 nitrogen and oxygen atoms in total. The summed E-state index contributed by atoms with van der Waals surface area (Å²) in [6.45, 7) is 2.55. The molecule has 2 aromatic rings. The van der Waals surface area contributed by atoms with Crippen molar-refractivity contribution in [1.29, 1.82) is 0 Å². The molecule has 0 aromatic heterocycles. The van der Waals surface area contributed by atoms with Gasteiger partial charge in [-0.15, -0.1) is 0 Å². The Kier molecular flexibility index (Phi) is 7.15. The van der Waals surface area contributed by atoms with Crippen molar-refractivity contribution in [2.75, 3.05) is 34.0 Å². The molecule has 2 aliphatic rings. The maximum Gasteiger partial charge on any atom is 0.118 e. The second-order valence-electron chi connectivity index (χ2n) is 8.11. The van der Waals surface area contributed by atoms with Crippen LogP contribution in [-0.4, -0.2) is 55.9 Å². The van der Waals surface area contributed by atoms with Crippen LogP contribution in [0, 0.1) is 23.7 Å². The number of hydrogen-bond acceptors (Lipinski definition) is 4. The van der Waals surface area contributed by atoms with E-state index in [4.69, 9.17) is 9.47 Å². The van der Waals surface area contributed by atoms with E-state index in [0.29, 0.717) is 12.1 Å². The summed E-state index contributed by atoms with van der Waals surface area (Å²) < 4.78 is 10.4. The number of hydrogen-bond donors (Lipinski definition) is 0. The summed E-state index contributed by atoms with van der Waals surface area (Å²) in [5.41, 5.74) is 2.06. The Hall–Kier alpha value is -2.92. The first-order chi connectivity index (χ1) is 15.3. The Morgan fingerprint density at radius 1 is 0.710 bits per heavy atom. The number of fused-ring (bicyclic) bond motifs is 1. The van der Waals surface area contributed by atoms with Gasteiger partial charge in [0.1, 0.15) is 11.5 Å². The summed E-state index contributed by atoms with van der Waals surface area (Å²) in [6, 6.07) is 17.1. The fraction of sp³-hybridized carbons (Fsp3) is 0.407. The fourth-order valence-corrected chi connectivity index (χ4v) is 4.56. The van der Waals surface area contributed by atoms with Gasteiger partial charge in [0.2, 0.25) is 0 Å². The van der Waals surface area contributed by atoms with Crippen LogP contribution in [0.1, 0.15) is 36.8 Å². The summed E-state index contributed by atoms with van der Waals surface area (Å²) in [7, 11) is 3.36. The number of rotatable bonds is 4. The fourth-order valence-electron chi connectivity index (χ4n) is 4.56. The van der Waals surface area contributed by atoms with Gasteiger partial charge in [-0.3, -0.25) is 9.80 Å². The third kappa shape index (κ3) is 5.42. The first-order valence-corrected chi connectivity index (χ1v) is 11.0. The first-order valence-electron chi connectivity index (χ1n) is 11.0. The molecule has 0 spiro atoms. The molecule has 2 atom stereocenters. The molecule has 31 heavy (non-hydrogen) atoms. The lowest BCUT2D eigenvalue weighted by Gasteiger charge is -2.31. The normalized spacial score (nSPS) is 20.7. The monoisotopic (exact) mass is 414 g/mol. The van der Waals surface area contributed by atoms with Gasteiger partial charge in [0, 0.05) is 23.2 Å². The summed E-state index contributed by atoms with van der Waals surface area (Å²) in [5, 5.41) is 0. The molecule has 0 N–H and O–H groups in total. The molecular formula is C27H30N2O2. The van der Waals surface area contributed by atoms with Crippen molar-refractivity contribution in [2.24, 2.45) is 0 Å². The molecular weight excluding hydrogens is 384 g/mol. The number of benzene rings is 2. The minimum absolute atomic E-state index is 0.599. The molecule has 1 heterocycles. The van der Waals surface area contributed by atoms with Gasteiger partial charge in [0.05, 0.1) is 34.0 Å². The van der Waals surface area contributed by atoms with Gasteiger partial charge in [-0.05, 0) is 61.4 Å². The SMILES string of the molecule is COc1ccc(C#CCN2CN(CC#Cc3ccc(OC)cc3)C3CCCCC32)cc1. The zero-order valence-electron chi connectivity index (χ0n) is 18.4. The van der Waals surface area contributed by atoms with E-state index in [1.165, 1.54) is 25.7 Å². The van der Waals surface area contributed by atoms with E-state index in [-0.39, 0.29) is 0 Å².